The van der Waals surface area contributed by atoms with Gasteiger partial charge in [-0.05, 0) is 24.1 Å². The van der Waals surface area contributed by atoms with E-state index in [1.807, 2.05) is 61.5 Å². The number of benzene rings is 2. The zero-order chi connectivity index (χ0) is 13.7. The zero-order valence-corrected chi connectivity index (χ0v) is 12.4. The molecular formula is C16H16BrNO. The van der Waals surface area contributed by atoms with Crippen LogP contribution in [0.4, 0.5) is 0 Å². The first-order chi connectivity index (χ1) is 9.18. The van der Waals surface area contributed by atoms with Crippen LogP contribution in [0, 0.1) is 0 Å². The minimum absolute atomic E-state index is 0.0377. The third-order valence-corrected chi connectivity index (χ3v) is 3.80. The third-order valence-electron chi connectivity index (χ3n) is 3.07. The van der Waals surface area contributed by atoms with Crippen LogP contribution < -0.4 is 5.32 Å². The van der Waals surface area contributed by atoms with E-state index in [9.17, 15) is 4.79 Å². The van der Waals surface area contributed by atoms with E-state index in [-0.39, 0.29) is 11.8 Å². The van der Waals surface area contributed by atoms with E-state index in [1.165, 1.54) is 0 Å². The van der Waals surface area contributed by atoms with Gasteiger partial charge in [0.2, 0.25) is 5.91 Å². The molecule has 0 fully saturated rings. The summed E-state index contributed by atoms with van der Waals surface area (Å²) in [6, 6.07) is 17.7. The highest BCUT2D eigenvalue weighted by molar-refractivity contribution is 9.10. The second-order valence-electron chi connectivity index (χ2n) is 4.45. The molecule has 0 heterocycles. The van der Waals surface area contributed by atoms with E-state index < -0.39 is 0 Å². The average molecular weight is 318 g/mol. The van der Waals surface area contributed by atoms with Crippen molar-refractivity contribution in [2.24, 2.45) is 0 Å². The quantitative estimate of drug-likeness (QED) is 0.911. The van der Waals surface area contributed by atoms with Gasteiger partial charge in [0.25, 0.3) is 0 Å². The molecule has 0 aromatic heterocycles. The summed E-state index contributed by atoms with van der Waals surface area (Å²) < 4.78 is 0.970. The van der Waals surface area contributed by atoms with Crippen LogP contribution in [-0.4, -0.2) is 5.91 Å². The normalized spacial score (nSPS) is 11.9. The molecule has 0 saturated heterocycles. The SMILES string of the molecule is CC(C(=O)NCc1ccccc1)c1ccccc1Br. The summed E-state index contributed by atoms with van der Waals surface area (Å²) in [6.07, 6.45) is 0. The highest BCUT2D eigenvalue weighted by Gasteiger charge is 2.16. The van der Waals surface area contributed by atoms with Crippen molar-refractivity contribution < 1.29 is 4.79 Å². The van der Waals surface area contributed by atoms with Gasteiger partial charge in [0.05, 0.1) is 5.92 Å². The van der Waals surface area contributed by atoms with Crippen molar-refractivity contribution in [3.63, 3.8) is 0 Å². The van der Waals surface area contributed by atoms with Crippen LogP contribution in [-0.2, 0) is 11.3 Å². The minimum atomic E-state index is -0.167. The first kappa shape index (κ1) is 13.8. The Labute approximate surface area is 122 Å². The Morgan fingerprint density at radius 3 is 2.42 bits per heavy atom. The standard InChI is InChI=1S/C16H16BrNO/c1-12(14-9-5-6-10-15(14)17)16(19)18-11-13-7-3-2-4-8-13/h2-10,12H,11H2,1H3,(H,18,19). The Balaban J connectivity index is 1.99. The summed E-state index contributed by atoms with van der Waals surface area (Å²) in [5.74, 6) is -0.130. The van der Waals surface area contributed by atoms with Gasteiger partial charge in [-0.1, -0.05) is 64.5 Å². The lowest BCUT2D eigenvalue weighted by Crippen LogP contribution is -2.27. The van der Waals surface area contributed by atoms with Gasteiger partial charge >= 0.3 is 0 Å². The predicted octanol–water partition coefficient (Wildman–Crippen LogP) is 3.87. The molecule has 0 saturated carbocycles. The smallest absolute Gasteiger partial charge is 0.227 e. The fraction of sp³-hybridized carbons (Fsp3) is 0.188. The Morgan fingerprint density at radius 2 is 1.74 bits per heavy atom. The van der Waals surface area contributed by atoms with Gasteiger partial charge in [0, 0.05) is 11.0 Å². The Hall–Kier alpha value is -1.61. The van der Waals surface area contributed by atoms with Crippen molar-refractivity contribution in [2.75, 3.05) is 0 Å². The zero-order valence-electron chi connectivity index (χ0n) is 10.8. The van der Waals surface area contributed by atoms with Gasteiger partial charge in [0.15, 0.2) is 0 Å². The highest BCUT2D eigenvalue weighted by atomic mass is 79.9. The van der Waals surface area contributed by atoms with Gasteiger partial charge in [-0.15, -0.1) is 0 Å². The molecule has 2 aromatic rings. The second kappa shape index (κ2) is 6.53. The monoisotopic (exact) mass is 317 g/mol. The fourth-order valence-electron chi connectivity index (χ4n) is 1.91. The number of halogens is 1. The Morgan fingerprint density at radius 1 is 1.11 bits per heavy atom. The van der Waals surface area contributed by atoms with Gasteiger partial charge < -0.3 is 5.32 Å². The van der Waals surface area contributed by atoms with Crippen LogP contribution in [0.5, 0.6) is 0 Å². The van der Waals surface area contributed by atoms with Crippen LogP contribution >= 0.6 is 15.9 Å². The molecule has 1 amide bonds. The number of carbonyl (C=O) groups is 1. The van der Waals surface area contributed by atoms with Crippen molar-refractivity contribution >= 4 is 21.8 Å². The van der Waals surface area contributed by atoms with Crippen LogP contribution in [0.2, 0.25) is 0 Å². The van der Waals surface area contributed by atoms with Crippen molar-refractivity contribution in [1.29, 1.82) is 0 Å². The van der Waals surface area contributed by atoms with Gasteiger partial charge in [-0.25, -0.2) is 0 Å². The molecule has 0 spiro atoms. The Kier molecular flexibility index (Phi) is 4.74. The first-order valence-corrected chi connectivity index (χ1v) is 7.04. The van der Waals surface area contributed by atoms with E-state index >= 15 is 0 Å². The molecule has 98 valence electrons. The lowest BCUT2D eigenvalue weighted by Gasteiger charge is -2.14. The minimum Gasteiger partial charge on any atom is -0.352 e. The summed E-state index contributed by atoms with van der Waals surface area (Å²) in [6.45, 7) is 2.48. The number of amides is 1. The first-order valence-electron chi connectivity index (χ1n) is 6.24. The van der Waals surface area contributed by atoms with E-state index in [0.717, 1.165) is 15.6 Å². The third kappa shape index (κ3) is 3.67. The number of carbonyl (C=O) groups excluding carboxylic acids is 1. The van der Waals surface area contributed by atoms with Crippen molar-refractivity contribution in [2.45, 2.75) is 19.4 Å². The molecule has 1 atom stereocenters. The second-order valence-corrected chi connectivity index (χ2v) is 5.30. The maximum absolute atomic E-state index is 12.1. The molecule has 0 aliphatic heterocycles. The summed E-state index contributed by atoms with van der Waals surface area (Å²) in [4.78, 5) is 12.1. The van der Waals surface area contributed by atoms with E-state index in [1.54, 1.807) is 0 Å². The molecule has 0 aliphatic carbocycles. The lowest BCUT2D eigenvalue weighted by molar-refractivity contribution is -0.122. The van der Waals surface area contributed by atoms with Crippen LogP contribution in [0.1, 0.15) is 24.0 Å². The summed E-state index contributed by atoms with van der Waals surface area (Å²) >= 11 is 3.48. The van der Waals surface area contributed by atoms with Crippen LogP contribution in [0.25, 0.3) is 0 Å². The molecule has 1 N–H and O–H groups in total. The number of hydrogen-bond acceptors (Lipinski definition) is 1. The number of nitrogens with one attached hydrogen (secondary N) is 1. The molecule has 2 nitrogen and oxygen atoms in total. The van der Waals surface area contributed by atoms with Gasteiger partial charge in [-0.3, -0.25) is 4.79 Å². The van der Waals surface area contributed by atoms with Gasteiger partial charge in [-0.2, -0.15) is 0 Å². The van der Waals surface area contributed by atoms with E-state index in [4.69, 9.17) is 0 Å². The topological polar surface area (TPSA) is 29.1 Å². The molecule has 1 unspecified atom stereocenters. The highest BCUT2D eigenvalue weighted by Crippen LogP contribution is 2.24. The molecule has 3 heteroatoms. The van der Waals surface area contributed by atoms with Crippen molar-refractivity contribution in [1.82, 2.24) is 5.32 Å². The largest absolute Gasteiger partial charge is 0.352 e. The molecule has 19 heavy (non-hydrogen) atoms. The van der Waals surface area contributed by atoms with Crippen molar-refractivity contribution in [3.05, 3.63) is 70.2 Å². The maximum Gasteiger partial charge on any atom is 0.227 e. The average Bonchev–Trinajstić information content (AvgIpc) is 2.45. The molecular weight excluding hydrogens is 302 g/mol. The van der Waals surface area contributed by atoms with Crippen LogP contribution in [0.3, 0.4) is 0 Å². The van der Waals surface area contributed by atoms with Gasteiger partial charge in [0.1, 0.15) is 0 Å². The molecule has 0 bridgehead atoms. The number of rotatable bonds is 4. The Bertz CT molecular complexity index is 554. The summed E-state index contributed by atoms with van der Waals surface area (Å²) in [5.41, 5.74) is 2.11. The van der Waals surface area contributed by atoms with Crippen LogP contribution in [0.15, 0.2) is 59.1 Å². The number of hydrogen-bond donors (Lipinski definition) is 1. The van der Waals surface area contributed by atoms with E-state index in [0.29, 0.717) is 6.54 Å². The summed E-state index contributed by atoms with van der Waals surface area (Å²) in [5, 5.41) is 2.96. The predicted molar refractivity (Wildman–Crippen MR) is 80.8 cm³/mol. The van der Waals surface area contributed by atoms with E-state index in [2.05, 4.69) is 21.2 Å². The molecule has 0 aliphatic rings. The molecule has 2 aromatic carbocycles. The maximum atomic E-state index is 12.1. The fourth-order valence-corrected chi connectivity index (χ4v) is 2.53. The lowest BCUT2D eigenvalue weighted by atomic mass is 10.0. The molecule has 0 radical (unpaired) electrons. The molecule has 2 rings (SSSR count). The van der Waals surface area contributed by atoms with Crippen molar-refractivity contribution in [3.8, 4) is 0 Å². The summed E-state index contributed by atoms with van der Waals surface area (Å²) in [7, 11) is 0.